The third-order valence-electron chi connectivity index (χ3n) is 3.57. The molecule has 3 rings (SSSR count). The van der Waals surface area contributed by atoms with Crippen molar-refractivity contribution in [1.29, 1.82) is 0 Å². The molecule has 4 heteroatoms. The smallest absolute Gasteiger partial charge is 0.161 e. The molecular weight excluding hydrogens is 296 g/mol. The first-order chi connectivity index (χ1) is 10.7. The van der Waals surface area contributed by atoms with Crippen molar-refractivity contribution in [1.82, 2.24) is 4.98 Å². The van der Waals surface area contributed by atoms with Crippen LogP contribution in [0.15, 0.2) is 48.5 Å². The van der Waals surface area contributed by atoms with Gasteiger partial charge in [-0.25, -0.2) is 9.37 Å². The van der Waals surface area contributed by atoms with Crippen molar-refractivity contribution in [2.45, 2.75) is 12.6 Å². The molecule has 108 valence electrons. The summed E-state index contributed by atoms with van der Waals surface area (Å²) >= 11 is 0. The minimum Gasteiger partial charge on any atom is -0.275 e. The summed E-state index contributed by atoms with van der Waals surface area (Å²) < 4.78 is 25.4. The zero-order valence-corrected chi connectivity index (χ0v) is 12.7. The number of hydrogen-bond donors (Lipinski definition) is 0. The van der Waals surface area contributed by atoms with Gasteiger partial charge in [0, 0.05) is 16.3 Å². The number of benzene rings is 2. The molecule has 2 aromatic carbocycles. The van der Waals surface area contributed by atoms with E-state index in [2.05, 4.69) is 4.98 Å². The lowest BCUT2D eigenvalue weighted by Crippen LogP contribution is -1.98. The Morgan fingerprint density at radius 1 is 1.09 bits per heavy atom. The Balaban J connectivity index is 2.31. The van der Waals surface area contributed by atoms with Crippen molar-refractivity contribution >= 4 is 19.2 Å². The van der Waals surface area contributed by atoms with Crippen LogP contribution in [-0.4, -0.2) is 4.98 Å². The third kappa shape index (κ3) is 2.65. The Hall–Kier alpha value is -2.12. The van der Waals surface area contributed by atoms with Crippen LogP contribution < -0.4 is 0 Å². The van der Waals surface area contributed by atoms with Gasteiger partial charge in [0.2, 0.25) is 0 Å². The number of fused-ring (bicyclic) bond motifs is 1. The monoisotopic (exact) mass is 309 g/mol. The van der Waals surface area contributed by atoms with Crippen LogP contribution in [0, 0.1) is 12.7 Å². The summed E-state index contributed by atoms with van der Waals surface area (Å²) in [5.41, 5.74) is 2.76. The zero-order chi connectivity index (χ0) is 15.5. The predicted octanol–water partition coefficient (Wildman–Crippen LogP) is 5.09. The molecule has 22 heavy (non-hydrogen) atoms. The van der Waals surface area contributed by atoms with Gasteiger partial charge in [0.25, 0.3) is 0 Å². The number of aromatic nitrogens is 1. The summed E-state index contributed by atoms with van der Waals surface area (Å²) in [6.45, 7) is 5.69. The van der Waals surface area contributed by atoms with Crippen molar-refractivity contribution in [2.75, 3.05) is 0 Å². The van der Waals surface area contributed by atoms with E-state index in [9.17, 15) is 8.96 Å². The van der Waals surface area contributed by atoms with Gasteiger partial charge in [-0.3, -0.25) is 4.57 Å². The molecule has 0 unspecified atom stereocenters. The summed E-state index contributed by atoms with van der Waals surface area (Å²) in [5, 5.41) is 1.23. The lowest BCUT2D eigenvalue weighted by atomic mass is 10.0. The molecule has 3 aromatic rings. The molecule has 0 saturated carbocycles. The number of rotatable bonds is 4. The molecule has 2 radical (unpaired) electrons. The molecule has 1 aromatic heterocycles. The molecule has 2 nitrogen and oxygen atoms in total. The van der Waals surface area contributed by atoms with Crippen LogP contribution in [-0.2, 0) is 17.1 Å². The Morgan fingerprint density at radius 3 is 2.59 bits per heavy atom. The fourth-order valence-electron chi connectivity index (χ4n) is 2.51. The molecule has 0 aliphatic carbocycles. The molecule has 0 aliphatic rings. The highest BCUT2D eigenvalue weighted by Crippen LogP contribution is 2.31. The van der Waals surface area contributed by atoms with E-state index >= 15 is 0 Å². The van der Waals surface area contributed by atoms with E-state index in [0.29, 0.717) is 17.5 Å². The average molecular weight is 309 g/mol. The third-order valence-corrected chi connectivity index (χ3v) is 4.00. The van der Waals surface area contributed by atoms with E-state index in [1.165, 1.54) is 0 Å². The normalized spacial score (nSPS) is 11.2. The molecule has 0 atom stereocenters. The minimum absolute atomic E-state index is 0.0558. The van der Waals surface area contributed by atoms with Gasteiger partial charge in [0.15, 0.2) is 14.3 Å². The molecule has 0 saturated heterocycles. The maximum Gasteiger partial charge on any atom is 0.161 e. The zero-order valence-electron chi connectivity index (χ0n) is 11.8. The summed E-state index contributed by atoms with van der Waals surface area (Å²) in [6.07, 6.45) is 0.485. The summed E-state index contributed by atoms with van der Waals surface area (Å²) in [5.74, 6) is -0.405. The van der Waals surface area contributed by atoms with Crippen molar-refractivity contribution in [3.05, 3.63) is 72.5 Å². The minimum atomic E-state index is -0.405. The van der Waals surface area contributed by atoms with E-state index in [1.54, 1.807) is 12.1 Å². The van der Waals surface area contributed by atoms with E-state index in [4.69, 9.17) is 6.92 Å². The quantitative estimate of drug-likeness (QED) is 0.629. The largest absolute Gasteiger partial charge is 0.275 e. The first-order valence-corrected chi connectivity index (χ1v) is 7.90. The number of halogens is 1. The van der Waals surface area contributed by atoms with Crippen LogP contribution in [0.25, 0.3) is 22.0 Å². The van der Waals surface area contributed by atoms with Gasteiger partial charge in [-0.05, 0) is 25.0 Å². The highest BCUT2D eigenvalue weighted by molar-refractivity contribution is 7.22. The van der Waals surface area contributed by atoms with Gasteiger partial charge in [-0.1, -0.05) is 42.5 Å². The number of hydrogen-bond acceptors (Lipinski definition) is 2. The van der Waals surface area contributed by atoms with Crippen molar-refractivity contribution in [3.8, 4) is 11.3 Å². The Kier molecular flexibility index (Phi) is 4.26. The molecule has 0 bridgehead atoms. The van der Waals surface area contributed by atoms with Crippen molar-refractivity contribution in [3.63, 3.8) is 0 Å². The van der Waals surface area contributed by atoms with Crippen molar-refractivity contribution in [2.24, 2.45) is 0 Å². The van der Waals surface area contributed by atoms with Gasteiger partial charge in [0.05, 0.1) is 17.5 Å². The second-order valence-electron chi connectivity index (χ2n) is 4.96. The maximum atomic E-state index is 14.5. The Bertz CT molecular complexity index is 848. The average Bonchev–Trinajstić information content (AvgIpc) is 2.57. The molecule has 0 aliphatic heterocycles. The maximum absolute atomic E-state index is 14.5. The van der Waals surface area contributed by atoms with Gasteiger partial charge >= 0.3 is 0 Å². The second kappa shape index (κ2) is 6.33. The van der Waals surface area contributed by atoms with Crippen LogP contribution in [0.4, 0.5) is 4.39 Å². The van der Waals surface area contributed by atoms with Gasteiger partial charge in [-0.15, -0.1) is 0 Å². The molecule has 0 N–H and O–H groups in total. The number of pyridine rings is 1. The summed E-state index contributed by atoms with van der Waals surface area (Å²) in [4.78, 5) is 4.41. The van der Waals surface area contributed by atoms with Gasteiger partial charge in [0.1, 0.15) is 0 Å². The lowest BCUT2D eigenvalue weighted by Gasteiger charge is -2.11. The first kappa shape index (κ1) is 14.8. The van der Waals surface area contributed by atoms with E-state index in [-0.39, 0.29) is 20.3 Å². The fourth-order valence-corrected chi connectivity index (χ4v) is 2.84. The second-order valence-corrected chi connectivity index (χ2v) is 5.53. The molecule has 0 spiro atoms. The van der Waals surface area contributed by atoms with E-state index < -0.39 is 5.82 Å². The molecular formula is C18H13FNOP. The topological polar surface area (TPSA) is 30.0 Å². The summed E-state index contributed by atoms with van der Waals surface area (Å²) in [7, 11) is -0.151. The number of nitrogens with zero attached hydrogens (tertiary/aromatic N) is 1. The molecule has 0 amide bonds. The van der Waals surface area contributed by atoms with Crippen LogP contribution in [0.1, 0.15) is 11.3 Å². The predicted molar refractivity (Wildman–Crippen MR) is 86.5 cm³/mol. The lowest BCUT2D eigenvalue weighted by molar-refractivity contribution is 0.593. The van der Waals surface area contributed by atoms with E-state index in [0.717, 1.165) is 16.5 Å². The SMILES string of the molecule is [CH]Cc1cccc(-c2nc(CP=O)c(F)c3ccccc23)c1. The van der Waals surface area contributed by atoms with Crippen LogP contribution >= 0.6 is 8.46 Å². The molecule has 1 heterocycles. The van der Waals surface area contributed by atoms with Crippen molar-refractivity contribution < 1.29 is 8.96 Å². The highest BCUT2D eigenvalue weighted by atomic mass is 31.1. The first-order valence-electron chi connectivity index (χ1n) is 6.90. The highest BCUT2D eigenvalue weighted by Gasteiger charge is 2.15. The Labute approximate surface area is 130 Å². The van der Waals surface area contributed by atoms with Crippen LogP contribution in [0.2, 0.25) is 0 Å². The van der Waals surface area contributed by atoms with Crippen LogP contribution in [0.3, 0.4) is 0 Å². The summed E-state index contributed by atoms with van der Waals surface area (Å²) in [6, 6.07) is 14.9. The van der Waals surface area contributed by atoms with Gasteiger partial charge in [-0.2, -0.15) is 0 Å². The standard InChI is InChI=1S/C18H13FNOP/c1-2-12-6-5-7-13(10-12)18-15-9-4-3-8-14(15)17(19)16(20-18)11-22-21/h1,3-10H,2,11H2. The molecule has 0 fully saturated rings. The Morgan fingerprint density at radius 2 is 1.86 bits per heavy atom. The fraction of sp³-hybridized carbons (Fsp3) is 0.111. The van der Waals surface area contributed by atoms with E-state index in [1.807, 2.05) is 36.4 Å². The van der Waals surface area contributed by atoms with Gasteiger partial charge < -0.3 is 0 Å². The van der Waals surface area contributed by atoms with Crippen LogP contribution in [0.5, 0.6) is 0 Å².